The number of hydrogen-bond acceptors (Lipinski definition) is 3. The van der Waals surface area contributed by atoms with Gasteiger partial charge in [-0.2, -0.15) is 13.2 Å². The Morgan fingerprint density at radius 1 is 1.28 bits per heavy atom. The van der Waals surface area contributed by atoms with E-state index in [1.54, 1.807) is 36.4 Å². The van der Waals surface area contributed by atoms with Gasteiger partial charge in [-0.1, -0.05) is 30.4 Å². The molecule has 0 saturated heterocycles. The predicted octanol–water partition coefficient (Wildman–Crippen LogP) is 4.63. The number of anilines is 1. The second kappa shape index (κ2) is 8.09. The van der Waals surface area contributed by atoms with Crippen LogP contribution in [0, 0.1) is 5.41 Å². The molecule has 136 valence electrons. The lowest BCUT2D eigenvalue weighted by molar-refractivity contribution is -0.210. The van der Waals surface area contributed by atoms with Crippen molar-refractivity contribution in [3.8, 4) is 0 Å². The van der Waals surface area contributed by atoms with E-state index in [1.807, 2.05) is 6.92 Å². The minimum Gasteiger partial charge on any atom is -0.449 e. The smallest absolute Gasteiger partial charge is 0.411 e. The first-order valence-corrected chi connectivity index (χ1v) is 8.04. The van der Waals surface area contributed by atoms with Crippen molar-refractivity contribution in [1.29, 1.82) is 0 Å². The van der Waals surface area contributed by atoms with Crippen LogP contribution in [0.1, 0.15) is 19.8 Å². The number of nitrogens with one attached hydrogen (secondary N) is 2. The normalized spacial score (nSPS) is 19.9. The van der Waals surface area contributed by atoms with Gasteiger partial charge in [-0.05, 0) is 31.6 Å². The van der Waals surface area contributed by atoms with E-state index in [0.717, 1.165) is 6.08 Å². The summed E-state index contributed by atoms with van der Waals surface area (Å²) in [5, 5.41) is 5.41. The Morgan fingerprint density at radius 2 is 2.00 bits per heavy atom. The quantitative estimate of drug-likeness (QED) is 0.783. The minimum atomic E-state index is -4.43. The number of hydrogen-bond donors (Lipinski definition) is 2. The molecular formula is C18H21F3N2O2. The second-order valence-corrected chi connectivity index (χ2v) is 5.79. The van der Waals surface area contributed by atoms with Crippen LogP contribution in [0.3, 0.4) is 0 Å². The fraction of sp³-hybridized carbons (Fsp3) is 0.389. The molecule has 7 heteroatoms. The highest BCUT2D eigenvalue weighted by molar-refractivity contribution is 5.84. The first kappa shape index (κ1) is 18.9. The summed E-state index contributed by atoms with van der Waals surface area (Å²) in [7, 11) is 0. The Labute approximate surface area is 144 Å². The molecule has 0 aromatic heterocycles. The SMILES string of the molecule is CCNC1=CC=CC(CCOC(=O)Nc2ccccc2)(C(F)(F)F)C1. The third kappa shape index (κ3) is 5.01. The van der Waals surface area contributed by atoms with Crippen molar-refractivity contribution in [1.82, 2.24) is 5.32 Å². The Morgan fingerprint density at radius 3 is 2.64 bits per heavy atom. The average Bonchev–Trinajstić information content (AvgIpc) is 2.55. The van der Waals surface area contributed by atoms with Crippen molar-refractivity contribution in [3.63, 3.8) is 0 Å². The molecule has 0 saturated carbocycles. The van der Waals surface area contributed by atoms with E-state index in [1.165, 1.54) is 6.08 Å². The van der Waals surface area contributed by atoms with Crippen LogP contribution in [0.4, 0.5) is 23.7 Å². The third-order valence-corrected chi connectivity index (χ3v) is 3.99. The van der Waals surface area contributed by atoms with E-state index in [9.17, 15) is 18.0 Å². The third-order valence-electron chi connectivity index (χ3n) is 3.99. The molecule has 0 spiro atoms. The van der Waals surface area contributed by atoms with Gasteiger partial charge in [0, 0.05) is 24.4 Å². The fourth-order valence-electron chi connectivity index (χ4n) is 2.66. The number of carbonyl (C=O) groups is 1. The molecule has 0 aliphatic heterocycles. The molecule has 0 fully saturated rings. The molecule has 1 aliphatic carbocycles. The van der Waals surface area contributed by atoms with Crippen molar-refractivity contribution in [2.24, 2.45) is 5.41 Å². The number of carbonyl (C=O) groups excluding carboxylic acids is 1. The minimum absolute atomic E-state index is 0.190. The van der Waals surface area contributed by atoms with Gasteiger partial charge < -0.3 is 10.1 Å². The van der Waals surface area contributed by atoms with E-state index in [0.29, 0.717) is 17.9 Å². The van der Waals surface area contributed by atoms with Crippen LogP contribution in [0.5, 0.6) is 0 Å². The molecule has 2 rings (SSSR count). The fourth-order valence-corrected chi connectivity index (χ4v) is 2.66. The van der Waals surface area contributed by atoms with Gasteiger partial charge in [-0.15, -0.1) is 0 Å². The van der Waals surface area contributed by atoms with Crippen LogP contribution in [-0.4, -0.2) is 25.4 Å². The molecule has 1 amide bonds. The van der Waals surface area contributed by atoms with Gasteiger partial charge in [-0.3, -0.25) is 5.32 Å². The Balaban J connectivity index is 1.94. The van der Waals surface area contributed by atoms with E-state index >= 15 is 0 Å². The largest absolute Gasteiger partial charge is 0.449 e. The predicted molar refractivity (Wildman–Crippen MR) is 90.0 cm³/mol. The lowest BCUT2D eigenvalue weighted by atomic mass is 9.77. The van der Waals surface area contributed by atoms with Gasteiger partial charge in [0.15, 0.2) is 0 Å². The monoisotopic (exact) mass is 354 g/mol. The van der Waals surface area contributed by atoms with Crippen LogP contribution in [0.2, 0.25) is 0 Å². The summed E-state index contributed by atoms with van der Waals surface area (Å²) < 4.78 is 45.8. The summed E-state index contributed by atoms with van der Waals surface area (Å²) in [6.45, 7) is 2.04. The highest BCUT2D eigenvalue weighted by atomic mass is 19.4. The summed E-state index contributed by atoms with van der Waals surface area (Å²) in [5.74, 6) is 0. The molecule has 1 unspecified atom stereocenters. The summed E-state index contributed by atoms with van der Waals surface area (Å²) >= 11 is 0. The van der Waals surface area contributed by atoms with Crippen LogP contribution in [0.25, 0.3) is 0 Å². The lowest BCUT2D eigenvalue weighted by Crippen LogP contribution is -2.40. The van der Waals surface area contributed by atoms with Crippen molar-refractivity contribution >= 4 is 11.8 Å². The maximum absolute atomic E-state index is 13.6. The molecule has 0 radical (unpaired) electrons. The first-order chi connectivity index (χ1) is 11.9. The van der Waals surface area contributed by atoms with Crippen molar-refractivity contribution in [3.05, 3.63) is 54.3 Å². The molecule has 1 atom stereocenters. The number of allylic oxidation sites excluding steroid dienone is 4. The van der Waals surface area contributed by atoms with Crippen LogP contribution >= 0.6 is 0 Å². The maximum Gasteiger partial charge on any atom is 0.411 e. The van der Waals surface area contributed by atoms with Crippen molar-refractivity contribution < 1.29 is 22.7 Å². The van der Waals surface area contributed by atoms with Gasteiger partial charge in [0.05, 0.1) is 12.0 Å². The molecule has 0 bridgehead atoms. The number of para-hydroxylation sites is 1. The lowest BCUT2D eigenvalue weighted by Gasteiger charge is -2.35. The number of rotatable bonds is 6. The van der Waals surface area contributed by atoms with E-state index in [4.69, 9.17) is 4.74 Å². The highest BCUT2D eigenvalue weighted by Gasteiger charge is 2.53. The zero-order valence-electron chi connectivity index (χ0n) is 13.9. The Kier molecular flexibility index (Phi) is 6.12. The zero-order valence-corrected chi connectivity index (χ0v) is 13.9. The molecule has 25 heavy (non-hydrogen) atoms. The standard InChI is InChI=1S/C18H21F3N2O2/c1-2-22-15-9-6-10-17(13-15,18(19,20)21)11-12-25-16(24)23-14-7-4-3-5-8-14/h3-10,22H,2,11-13H2,1H3,(H,23,24). The van der Waals surface area contributed by atoms with Gasteiger partial charge in [0.25, 0.3) is 0 Å². The average molecular weight is 354 g/mol. The van der Waals surface area contributed by atoms with Crippen molar-refractivity contribution in [2.75, 3.05) is 18.5 Å². The number of amides is 1. The molecule has 1 aromatic carbocycles. The topological polar surface area (TPSA) is 50.4 Å². The van der Waals surface area contributed by atoms with Crippen LogP contribution in [0.15, 0.2) is 54.3 Å². The summed E-state index contributed by atoms with van der Waals surface area (Å²) in [5.41, 5.74) is -0.990. The second-order valence-electron chi connectivity index (χ2n) is 5.79. The van der Waals surface area contributed by atoms with E-state index < -0.39 is 17.7 Å². The molecule has 2 N–H and O–H groups in total. The van der Waals surface area contributed by atoms with Crippen molar-refractivity contribution in [2.45, 2.75) is 25.9 Å². The number of alkyl halides is 3. The molecule has 1 aliphatic rings. The number of benzene rings is 1. The number of ether oxygens (including phenoxy) is 1. The van der Waals surface area contributed by atoms with Gasteiger partial charge >= 0.3 is 12.3 Å². The summed E-state index contributed by atoms with van der Waals surface area (Å²) in [6.07, 6.45) is -1.55. The molecular weight excluding hydrogens is 333 g/mol. The Hall–Kier alpha value is -2.44. The van der Waals surface area contributed by atoms with E-state index in [-0.39, 0.29) is 19.4 Å². The molecule has 0 heterocycles. The summed E-state index contributed by atoms with van der Waals surface area (Å²) in [6, 6.07) is 8.57. The summed E-state index contributed by atoms with van der Waals surface area (Å²) in [4.78, 5) is 11.7. The molecule has 1 aromatic rings. The van der Waals surface area contributed by atoms with Crippen LogP contribution in [-0.2, 0) is 4.74 Å². The maximum atomic E-state index is 13.6. The van der Waals surface area contributed by atoms with Gasteiger partial charge in [0.1, 0.15) is 0 Å². The number of halogens is 3. The van der Waals surface area contributed by atoms with Crippen LogP contribution < -0.4 is 10.6 Å². The zero-order chi connectivity index (χ0) is 18.3. The molecule has 4 nitrogen and oxygen atoms in total. The van der Waals surface area contributed by atoms with E-state index in [2.05, 4.69) is 10.6 Å². The first-order valence-electron chi connectivity index (χ1n) is 8.04. The van der Waals surface area contributed by atoms with Gasteiger partial charge in [0.2, 0.25) is 0 Å². The Bertz CT molecular complexity index is 641. The highest BCUT2D eigenvalue weighted by Crippen LogP contribution is 2.48. The van der Waals surface area contributed by atoms with Gasteiger partial charge in [-0.25, -0.2) is 4.79 Å².